The van der Waals surface area contributed by atoms with Crippen molar-refractivity contribution in [3.63, 3.8) is 0 Å². The molecule has 1 atom stereocenters. The summed E-state index contributed by atoms with van der Waals surface area (Å²) < 4.78 is 5.37. The van der Waals surface area contributed by atoms with Gasteiger partial charge in [-0.3, -0.25) is 19.7 Å². The largest absolute Gasteiger partial charge is 0.443 e. The van der Waals surface area contributed by atoms with E-state index in [1.54, 1.807) is 45.0 Å². The van der Waals surface area contributed by atoms with Crippen molar-refractivity contribution in [1.29, 1.82) is 0 Å². The molecule has 1 heterocycles. The minimum Gasteiger partial charge on any atom is -0.443 e. The highest BCUT2D eigenvalue weighted by atomic mass is 16.6. The van der Waals surface area contributed by atoms with Crippen LogP contribution in [0.3, 0.4) is 0 Å². The number of hydrogen-bond donors (Lipinski definition) is 0. The maximum Gasteiger partial charge on any atom is 0.421 e. The van der Waals surface area contributed by atoms with E-state index in [1.165, 1.54) is 36.2 Å². The Labute approximate surface area is 225 Å². The fourth-order valence-corrected chi connectivity index (χ4v) is 4.19. The molecular weight excluding hydrogens is 500 g/mol. The van der Waals surface area contributed by atoms with Crippen molar-refractivity contribution in [2.75, 3.05) is 4.90 Å². The Bertz CT molecular complexity index is 1430. The zero-order valence-electron chi connectivity index (χ0n) is 22.0. The average Bonchev–Trinajstić information content (AvgIpc) is 3.33. The summed E-state index contributed by atoms with van der Waals surface area (Å²) in [5.41, 5.74) is 1.98. The van der Waals surface area contributed by atoms with Crippen LogP contribution in [0.1, 0.15) is 61.6 Å². The molecule has 1 aliphatic heterocycles. The number of hydrazone groups is 1. The number of carbonyl (C=O) groups excluding carboxylic acids is 3. The Balaban J connectivity index is 1.64. The Morgan fingerprint density at radius 2 is 1.59 bits per heavy atom. The maximum absolute atomic E-state index is 13.4. The van der Waals surface area contributed by atoms with Crippen LogP contribution in [-0.4, -0.2) is 39.2 Å². The zero-order chi connectivity index (χ0) is 28.3. The quantitative estimate of drug-likeness (QED) is 0.301. The van der Waals surface area contributed by atoms with E-state index < -0.39 is 28.4 Å². The number of amides is 3. The number of anilines is 1. The first-order chi connectivity index (χ1) is 18.4. The summed E-state index contributed by atoms with van der Waals surface area (Å²) in [5.74, 6) is -0.878. The van der Waals surface area contributed by atoms with Gasteiger partial charge in [-0.25, -0.2) is 14.7 Å². The highest BCUT2D eigenvalue weighted by Gasteiger charge is 2.34. The van der Waals surface area contributed by atoms with Gasteiger partial charge in [-0.15, -0.1) is 0 Å². The van der Waals surface area contributed by atoms with Crippen LogP contribution < -0.4 is 4.90 Å². The summed E-state index contributed by atoms with van der Waals surface area (Å²) in [5, 5.41) is 17.0. The molecule has 3 amide bonds. The lowest BCUT2D eigenvalue weighted by Gasteiger charge is -2.25. The summed E-state index contributed by atoms with van der Waals surface area (Å²) in [6.45, 7) is 6.44. The van der Waals surface area contributed by atoms with E-state index >= 15 is 0 Å². The number of carbonyl (C=O) groups is 3. The highest BCUT2D eigenvalue weighted by Crippen LogP contribution is 2.34. The molecule has 0 N–H and O–H groups in total. The molecule has 10 heteroatoms. The van der Waals surface area contributed by atoms with Gasteiger partial charge in [0.2, 0.25) is 5.91 Å². The molecule has 0 aromatic heterocycles. The third-order valence-corrected chi connectivity index (χ3v) is 5.98. The van der Waals surface area contributed by atoms with E-state index in [2.05, 4.69) is 5.10 Å². The summed E-state index contributed by atoms with van der Waals surface area (Å²) in [6, 6.07) is 21.2. The number of nitro groups is 1. The van der Waals surface area contributed by atoms with Crippen LogP contribution in [0.2, 0.25) is 0 Å². The molecule has 1 unspecified atom stereocenters. The monoisotopic (exact) mass is 528 g/mol. The minimum absolute atomic E-state index is 0.108. The van der Waals surface area contributed by atoms with E-state index in [4.69, 9.17) is 4.74 Å². The molecule has 0 aliphatic carbocycles. The number of nitrogens with zero attached hydrogens (tertiary/aromatic N) is 4. The van der Waals surface area contributed by atoms with Crippen LogP contribution in [0.4, 0.5) is 16.2 Å². The molecule has 1 aliphatic rings. The Morgan fingerprint density at radius 3 is 2.13 bits per heavy atom. The van der Waals surface area contributed by atoms with Crippen molar-refractivity contribution in [1.82, 2.24) is 5.01 Å². The Morgan fingerprint density at radius 1 is 0.974 bits per heavy atom. The summed E-state index contributed by atoms with van der Waals surface area (Å²) in [4.78, 5) is 49.8. The maximum atomic E-state index is 13.4. The molecule has 4 rings (SSSR count). The molecule has 0 saturated heterocycles. The van der Waals surface area contributed by atoms with Gasteiger partial charge in [0.25, 0.3) is 11.6 Å². The predicted molar refractivity (Wildman–Crippen MR) is 145 cm³/mol. The van der Waals surface area contributed by atoms with Crippen molar-refractivity contribution < 1.29 is 24.0 Å². The minimum atomic E-state index is -0.773. The van der Waals surface area contributed by atoms with Gasteiger partial charge in [-0.05, 0) is 56.2 Å². The van der Waals surface area contributed by atoms with Crippen LogP contribution in [0.25, 0.3) is 0 Å². The molecule has 0 radical (unpaired) electrons. The summed E-state index contributed by atoms with van der Waals surface area (Å²) in [6.07, 6.45) is -0.352. The van der Waals surface area contributed by atoms with E-state index in [-0.39, 0.29) is 17.3 Å². The second-order valence-corrected chi connectivity index (χ2v) is 10.0. The number of benzene rings is 3. The second kappa shape index (κ2) is 10.9. The molecule has 0 spiro atoms. The first kappa shape index (κ1) is 27.2. The van der Waals surface area contributed by atoms with Crippen LogP contribution in [0.15, 0.2) is 84.0 Å². The average molecular weight is 529 g/mol. The summed E-state index contributed by atoms with van der Waals surface area (Å²) in [7, 11) is 0. The van der Waals surface area contributed by atoms with E-state index in [0.717, 1.165) is 10.5 Å². The van der Waals surface area contributed by atoms with Gasteiger partial charge < -0.3 is 4.74 Å². The third-order valence-electron chi connectivity index (χ3n) is 5.98. The van der Waals surface area contributed by atoms with E-state index in [9.17, 15) is 24.5 Å². The molecule has 3 aromatic rings. The molecular formula is C29H28N4O6. The fourth-order valence-electron chi connectivity index (χ4n) is 4.19. The van der Waals surface area contributed by atoms with Crippen molar-refractivity contribution in [3.8, 4) is 0 Å². The number of imide groups is 1. The fraction of sp³-hybridized carbons (Fsp3) is 0.241. The number of hydrogen-bond acceptors (Lipinski definition) is 7. The van der Waals surface area contributed by atoms with Gasteiger partial charge in [0.15, 0.2) is 0 Å². The van der Waals surface area contributed by atoms with Gasteiger partial charge in [0.05, 0.1) is 22.4 Å². The topological polar surface area (TPSA) is 122 Å². The summed E-state index contributed by atoms with van der Waals surface area (Å²) >= 11 is 0. The molecule has 10 nitrogen and oxygen atoms in total. The standard InChI is InChI=1S/C29H28N4O6/c1-19(34)31(28(36)39-29(2,3)4)23-14-10-20(11-15-23)25-18-26(21-8-6-5-7-9-21)32(30-25)27(35)22-12-16-24(17-13-22)33(37)38/h5-17,26H,18H2,1-4H3. The van der Waals surface area contributed by atoms with Gasteiger partial charge >= 0.3 is 6.09 Å². The number of rotatable bonds is 5. The number of non-ortho nitro benzene ring substituents is 1. The van der Waals surface area contributed by atoms with Crippen LogP contribution in [-0.2, 0) is 9.53 Å². The van der Waals surface area contributed by atoms with Gasteiger partial charge in [-0.2, -0.15) is 5.10 Å². The van der Waals surface area contributed by atoms with Crippen molar-refractivity contribution in [3.05, 3.63) is 106 Å². The molecule has 3 aromatic carbocycles. The van der Waals surface area contributed by atoms with Crippen LogP contribution in [0, 0.1) is 10.1 Å². The molecule has 0 saturated carbocycles. The number of ether oxygens (including phenoxy) is 1. The normalized spacial score (nSPS) is 14.9. The molecule has 0 bridgehead atoms. The van der Waals surface area contributed by atoms with Gasteiger partial charge in [0, 0.05) is 31.0 Å². The predicted octanol–water partition coefficient (Wildman–Crippen LogP) is 5.87. The van der Waals surface area contributed by atoms with E-state index in [0.29, 0.717) is 23.4 Å². The van der Waals surface area contributed by atoms with Gasteiger partial charge in [-0.1, -0.05) is 42.5 Å². The second-order valence-electron chi connectivity index (χ2n) is 10.0. The zero-order valence-corrected chi connectivity index (χ0v) is 22.0. The van der Waals surface area contributed by atoms with Crippen molar-refractivity contribution >= 4 is 35.0 Å². The first-order valence-corrected chi connectivity index (χ1v) is 12.3. The number of nitro benzene ring substituents is 1. The lowest BCUT2D eigenvalue weighted by atomic mass is 9.98. The lowest BCUT2D eigenvalue weighted by molar-refractivity contribution is -0.384. The first-order valence-electron chi connectivity index (χ1n) is 12.3. The third kappa shape index (κ3) is 6.18. The van der Waals surface area contributed by atoms with Gasteiger partial charge in [0.1, 0.15) is 5.60 Å². The van der Waals surface area contributed by atoms with Crippen LogP contribution >= 0.6 is 0 Å². The lowest BCUT2D eigenvalue weighted by Crippen LogP contribution is -2.39. The SMILES string of the molecule is CC(=O)N(C(=O)OC(C)(C)C)c1ccc(C2=NN(C(=O)c3ccc([N+](=O)[O-])cc3)C(c3ccccc3)C2)cc1. The molecule has 200 valence electrons. The Kier molecular flexibility index (Phi) is 7.57. The van der Waals surface area contributed by atoms with Crippen molar-refractivity contribution in [2.45, 2.75) is 45.8 Å². The van der Waals surface area contributed by atoms with Crippen molar-refractivity contribution in [2.24, 2.45) is 5.10 Å². The molecule has 39 heavy (non-hydrogen) atoms. The van der Waals surface area contributed by atoms with Crippen LogP contribution in [0.5, 0.6) is 0 Å². The highest BCUT2D eigenvalue weighted by molar-refractivity contribution is 6.12. The smallest absolute Gasteiger partial charge is 0.421 e. The Hall–Kier alpha value is -4.86. The van der Waals surface area contributed by atoms with E-state index in [1.807, 2.05) is 30.3 Å². The molecule has 0 fully saturated rings.